The summed E-state index contributed by atoms with van der Waals surface area (Å²) in [5.41, 5.74) is 3.51. The van der Waals surface area contributed by atoms with E-state index in [-0.39, 0.29) is 0 Å². The molecule has 0 aromatic carbocycles. The van der Waals surface area contributed by atoms with E-state index in [0.29, 0.717) is 0 Å². The molecule has 0 amide bonds. The van der Waals surface area contributed by atoms with Crippen molar-refractivity contribution in [3.63, 3.8) is 0 Å². The number of nitrogens with zero attached hydrogens (tertiary/aromatic N) is 2. The summed E-state index contributed by atoms with van der Waals surface area (Å²) in [6.45, 7) is 0. The molecule has 1 aromatic heterocycles. The van der Waals surface area contributed by atoms with Crippen LogP contribution in [0.4, 0.5) is 5.69 Å². The summed E-state index contributed by atoms with van der Waals surface area (Å²) in [4.78, 5) is 4.64. The molecule has 0 fully saturated rings. The SMILES string of the molecule is CONc1cnn(C)c1. The van der Waals surface area contributed by atoms with E-state index in [9.17, 15) is 0 Å². The van der Waals surface area contributed by atoms with Gasteiger partial charge in [0, 0.05) is 13.2 Å². The maximum absolute atomic E-state index is 4.64. The molecule has 1 heterocycles. The van der Waals surface area contributed by atoms with E-state index in [1.54, 1.807) is 18.0 Å². The van der Waals surface area contributed by atoms with Crippen molar-refractivity contribution < 1.29 is 4.84 Å². The van der Waals surface area contributed by atoms with Gasteiger partial charge in [-0.05, 0) is 0 Å². The molecule has 1 N–H and O–H groups in total. The fourth-order valence-corrected chi connectivity index (χ4v) is 0.592. The Labute approximate surface area is 53.4 Å². The van der Waals surface area contributed by atoms with E-state index in [2.05, 4.69) is 15.4 Å². The number of nitrogens with one attached hydrogen (secondary N) is 1. The maximum Gasteiger partial charge on any atom is 0.0983 e. The second kappa shape index (κ2) is 2.50. The molecule has 50 valence electrons. The van der Waals surface area contributed by atoms with Crippen LogP contribution in [-0.2, 0) is 11.9 Å². The zero-order valence-electron chi connectivity index (χ0n) is 5.46. The number of anilines is 1. The Morgan fingerprint density at radius 1 is 1.78 bits per heavy atom. The molecule has 4 heteroatoms. The van der Waals surface area contributed by atoms with E-state index >= 15 is 0 Å². The van der Waals surface area contributed by atoms with Crippen molar-refractivity contribution in [3.8, 4) is 0 Å². The fourth-order valence-electron chi connectivity index (χ4n) is 0.592. The average molecular weight is 127 g/mol. The predicted octanol–water partition coefficient (Wildman–Crippen LogP) is 0.393. The van der Waals surface area contributed by atoms with Gasteiger partial charge in [0.05, 0.1) is 19.0 Å². The van der Waals surface area contributed by atoms with Gasteiger partial charge in [-0.25, -0.2) is 0 Å². The molecule has 0 aliphatic rings. The highest BCUT2D eigenvalue weighted by Crippen LogP contribution is 2.01. The molecular formula is C5H9N3O. The summed E-state index contributed by atoms with van der Waals surface area (Å²) >= 11 is 0. The number of rotatable bonds is 2. The summed E-state index contributed by atoms with van der Waals surface area (Å²) in [5, 5.41) is 3.91. The number of hydrogen-bond acceptors (Lipinski definition) is 3. The van der Waals surface area contributed by atoms with E-state index in [1.807, 2.05) is 13.2 Å². The lowest BCUT2D eigenvalue weighted by Crippen LogP contribution is -1.93. The van der Waals surface area contributed by atoms with Gasteiger partial charge in [0.25, 0.3) is 0 Å². The second-order valence-corrected chi connectivity index (χ2v) is 1.71. The first-order chi connectivity index (χ1) is 4.33. The van der Waals surface area contributed by atoms with Gasteiger partial charge in [-0.15, -0.1) is 0 Å². The minimum atomic E-state index is 0.861. The molecule has 0 aliphatic heterocycles. The molecule has 9 heavy (non-hydrogen) atoms. The summed E-state index contributed by atoms with van der Waals surface area (Å²) in [6.07, 6.45) is 3.51. The zero-order valence-corrected chi connectivity index (χ0v) is 5.46. The molecule has 0 radical (unpaired) electrons. The molecule has 0 bridgehead atoms. The minimum Gasteiger partial charge on any atom is -0.279 e. The monoisotopic (exact) mass is 127 g/mol. The molecule has 0 unspecified atom stereocenters. The van der Waals surface area contributed by atoms with E-state index in [4.69, 9.17) is 0 Å². The Hall–Kier alpha value is -1.03. The van der Waals surface area contributed by atoms with Crippen LogP contribution >= 0.6 is 0 Å². The number of hydrogen-bond donors (Lipinski definition) is 1. The first kappa shape index (κ1) is 6.10. The topological polar surface area (TPSA) is 39.1 Å². The summed E-state index contributed by atoms with van der Waals surface area (Å²) < 4.78 is 1.70. The van der Waals surface area contributed by atoms with Crippen molar-refractivity contribution in [1.82, 2.24) is 9.78 Å². The first-order valence-electron chi connectivity index (χ1n) is 2.60. The molecule has 0 aliphatic carbocycles. The zero-order chi connectivity index (χ0) is 6.69. The van der Waals surface area contributed by atoms with Gasteiger partial charge in [-0.3, -0.25) is 15.0 Å². The minimum absolute atomic E-state index is 0.861. The maximum atomic E-state index is 4.64. The summed E-state index contributed by atoms with van der Waals surface area (Å²) in [7, 11) is 3.41. The van der Waals surface area contributed by atoms with Crippen LogP contribution < -0.4 is 5.48 Å². The van der Waals surface area contributed by atoms with Crippen molar-refractivity contribution in [3.05, 3.63) is 12.4 Å². The third kappa shape index (κ3) is 1.43. The highest BCUT2D eigenvalue weighted by Gasteiger charge is 1.89. The van der Waals surface area contributed by atoms with Crippen LogP contribution in [0.2, 0.25) is 0 Å². The van der Waals surface area contributed by atoms with Gasteiger partial charge in [0.1, 0.15) is 0 Å². The normalized spacial score (nSPS) is 9.56. The number of aryl methyl sites for hydroxylation is 1. The standard InChI is InChI=1S/C5H9N3O/c1-8-4-5(3-6-8)7-9-2/h3-4,7H,1-2H3. The van der Waals surface area contributed by atoms with Crippen molar-refractivity contribution in [2.45, 2.75) is 0 Å². The average Bonchev–Trinajstić information content (AvgIpc) is 2.17. The molecule has 0 saturated heterocycles. The molecule has 0 atom stereocenters. The summed E-state index contributed by atoms with van der Waals surface area (Å²) in [5.74, 6) is 0. The van der Waals surface area contributed by atoms with E-state index in [0.717, 1.165) is 5.69 Å². The highest BCUT2D eigenvalue weighted by molar-refractivity contribution is 5.34. The van der Waals surface area contributed by atoms with Crippen molar-refractivity contribution in [2.75, 3.05) is 12.6 Å². The van der Waals surface area contributed by atoms with Crippen LogP contribution in [0.15, 0.2) is 12.4 Å². The van der Waals surface area contributed by atoms with Gasteiger partial charge in [0.2, 0.25) is 0 Å². The van der Waals surface area contributed by atoms with Gasteiger partial charge in [-0.1, -0.05) is 0 Å². The number of aromatic nitrogens is 2. The smallest absolute Gasteiger partial charge is 0.0983 e. The predicted molar refractivity (Wildman–Crippen MR) is 33.8 cm³/mol. The fraction of sp³-hybridized carbons (Fsp3) is 0.400. The van der Waals surface area contributed by atoms with Crippen molar-refractivity contribution >= 4 is 5.69 Å². The van der Waals surface area contributed by atoms with Crippen LogP contribution in [0, 0.1) is 0 Å². The Balaban J connectivity index is 2.61. The molecule has 0 spiro atoms. The van der Waals surface area contributed by atoms with Crippen LogP contribution in [-0.4, -0.2) is 16.9 Å². The lowest BCUT2D eigenvalue weighted by atomic mass is 10.6. The van der Waals surface area contributed by atoms with Crippen LogP contribution in [0.1, 0.15) is 0 Å². The van der Waals surface area contributed by atoms with E-state index < -0.39 is 0 Å². The van der Waals surface area contributed by atoms with Gasteiger partial charge in [-0.2, -0.15) is 5.10 Å². The Morgan fingerprint density at radius 2 is 2.56 bits per heavy atom. The Bertz CT molecular complexity index is 184. The van der Waals surface area contributed by atoms with E-state index in [1.165, 1.54) is 0 Å². The molecule has 1 aromatic rings. The largest absolute Gasteiger partial charge is 0.279 e. The lowest BCUT2D eigenvalue weighted by molar-refractivity contribution is 0.271. The highest BCUT2D eigenvalue weighted by atomic mass is 16.6. The third-order valence-electron chi connectivity index (χ3n) is 0.925. The Kier molecular flexibility index (Phi) is 1.69. The quantitative estimate of drug-likeness (QED) is 0.584. The van der Waals surface area contributed by atoms with Gasteiger partial charge < -0.3 is 0 Å². The molecule has 4 nitrogen and oxygen atoms in total. The second-order valence-electron chi connectivity index (χ2n) is 1.71. The van der Waals surface area contributed by atoms with Crippen LogP contribution in [0.3, 0.4) is 0 Å². The van der Waals surface area contributed by atoms with Crippen LogP contribution in [0.25, 0.3) is 0 Å². The van der Waals surface area contributed by atoms with Crippen molar-refractivity contribution in [2.24, 2.45) is 7.05 Å². The summed E-state index contributed by atoms with van der Waals surface area (Å²) in [6, 6.07) is 0. The third-order valence-corrected chi connectivity index (χ3v) is 0.925. The van der Waals surface area contributed by atoms with Crippen molar-refractivity contribution in [1.29, 1.82) is 0 Å². The van der Waals surface area contributed by atoms with Gasteiger partial charge in [0.15, 0.2) is 0 Å². The first-order valence-corrected chi connectivity index (χ1v) is 2.60. The van der Waals surface area contributed by atoms with Gasteiger partial charge >= 0.3 is 0 Å². The van der Waals surface area contributed by atoms with Crippen LogP contribution in [0.5, 0.6) is 0 Å². The molecule has 0 saturated carbocycles. The lowest BCUT2D eigenvalue weighted by Gasteiger charge is -1.94. The molecular weight excluding hydrogens is 118 g/mol. The molecule has 1 rings (SSSR count). The Morgan fingerprint density at radius 3 is 3.00 bits per heavy atom.